The van der Waals surface area contributed by atoms with Gasteiger partial charge in [0.25, 0.3) is 0 Å². The maximum absolute atomic E-state index is 6.07. The van der Waals surface area contributed by atoms with Crippen LogP contribution in [0.25, 0.3) is 10.9 Å². The van der Waals surface area contributed by atoms with Gasteiger partial charge in [0.05, 0.1) is 10.9 Å². The molecule has 0 saturated carbocycles. The standard InChI is InChI=1S/C15H14ClN/c16-13-7-5-11(9-13)10-14-8-6-12-3-1-2-4-15(12)17-14/h1-4,6,8-9,13H,5,7,10H2. The predicted octanol–water partition coefficient (Wildman–Crippen LogP) is 4.10. The number of allylic oxidation sites excluding steroid dienone is 2. The first-order valence-electron chi connectivity index (χ1n) is 5.99. The fourth-order valence-electron chi connectivity index (χ4n) is 2.33. The van der Waals surface area contributed by atoms with E-state index < -0.39 is 0 Å². The van der Waals surface area contributed by atoms with E-state index >= 15 is 0 Å². The van der Waals surface area contributed by atoms with Gasteiger partial charge < -0.3 is 0 Å². The summed E-state index contributed by atoms with van der Waals surface area (Å²) in [5, 5.41) is 1.43. The SMILES string of the molecule is ClC1C=C(Cc2ccc3ccccc3n2)CC1. The number of nitrogens with zero attached hydrogens (tertiary/aromatic N) is 1. The van der Waals surface area contributed by atoms with Gasteiger partial charge >= 0.3 is 0 Å². The highest BCUT2D eigenvalue weighted by atomic mass is 35.5. The lowest BCUT2D eigenvalue weighted by molar-refractivity contribution is 0.885. The van der Waals surface area contributed by atoms with E-state index in [0.29, 0.717) is 0 Å². The first-order valence-corrected chi connectivity index (χ1v) is 6.43. The molecule has 2 heteroatoms. The molecular formula is C15H14ClN. The Hall–Kier alpha value is -1.34. The van der Waals surface area contributed by atoms with E-state index in [1.165, 1.54) is 11.0 Å². The highest BCUT2D eigenvalue weighted by Crippen LogP contribution is 2.25. The summed E-state index contributed by atoms with van der Waals surface area (Å²) in [6.45, 7) is 0. The summed E-state index contributed by atoms with van der Waals surface area (Å²) in [4.78, 5) is 4.68. The molecule has 0 amide bonds. The summed E-state index contributed by atoms with van der Waals surface area (Å²) in [6.07, 6.45) is 5.31. The van der Waals surface area contributed by atoms with E-state index in [-0.39, 0.29) is 5.38 Å². The van der Waals surface area contributed by atoms with Crippen LogP contribution in [0.15, 0.2) is 48.0 Å². The van der Waals surface area contributed by atoms with Gasteiger partial charge in [-0.1, -0.05) is 35.9 Å². The van der Waals surface area contributed by atoms with Crippen molar-refractivity contribution in [3.05, 3.63) is 53.7 Å². The highest BCUT2D eigenvalue weighted by molar-refractivity contribution is 6.22. The van der Waals surface area contributed by atoms with Crippen molar-refractivity contribution in [3.8, 4) is 0 Å². The Morgan fingerprint density at radius 3 is 2.88 bits per heavy atom. The van der Waals surface area contributed by atoms with E-state index in [1.54, 1.807) is 0 Å². The molecule has 0 fully saturated rings. The lowest BCUT2D eigenvalue weighted by Gasteiger charge is -2.03. The summed E-state index contributed by atoms with van der Waals surface area (Å²) < 4.78 is 0. The second kappa shape index (κ2) is 4.50. The highest BCUT2D eigenvalue weighted by Gasteiger charge is 2.13. The average Bonchev–Trinajstić information content (AvgIpc) is 2.75. The van der Waals surface area contributed by atoms with Gasteiger partial charge in [-0.3, -0.25) is 4.98 Å². The minimum Gasteiger partial charge on any atom is -0.253 e. The van der Waals surface area contributed by atoms with Crippen LogP contribution in [0.2, 0.25) is 0 Å². The van der Waals surface area contributed by atoms with Gasteiger partial charge in [0.2, 0.25) is 0 Å². The number of pyridine rings is 1. The summed E-state index contributed by atoms with van der Waals surface area (Å²) in [5.74, 6) is 0. The summed E-state index contributed by atoms with van der Waals surface area (Å²) in [7, 11) is 0. The Kier molecular flexibility index (Phi) is 2.86. The quantitative estimate of drug-likeness (QED) is 0.572. The molecule has 17 heavy (non-hydrogen) atoms. The normalized spacial score (nSPS) is 19.6. The van der Waals surface area contributed by atoms with Crippen LogP contribution >= 0.6 is 11.6 Å². The maximum atomic E-state index is 6.07. The van der Waals surface area contributed by atoms with E-state index in [9.17, 15) is 0 Å². The molecule has 1 aliphatic carbocycles. The first-order chi connectivity index (χ1) is 8.31. The smallest absolute Gasteiger partial charge is 0.0705 e. The third kappa shape index (κ3) is 2.34. The van der Waals surface area contributed by atoms with Crippen LogP contribution in [0.4, 0.5) is 0 Å². The molecule has 1 heterocycles. The van der Waals surface area contributed by atoms with Crippen LogP contribution in [0.1, 0.15) is 18.5 Å². The molecule has 86 valence electrons. The first kappa shape index (κ1) is 10.8. The number of hydrogen-bond donors (Lipinski definition) is 0. The fourth-order valence-corrected chi connectivity index (χ4v) is 2.62. The van der Waals surface area contributed by atoms with E-state index in [4.69, 9.17) is 11.6 Å². The van der Waals surface area contributed by atoms with Crippen molar-refractivity contribution in [1.29, 1.82) is 0 Å². The molecular weight excluding hydrogens is 230 g/mol. The maximum Gasteiger partial charge on any atom is 0.0705 e. The van der Waals surface area contributed by atoms with Gasteiger partial charge in [-0.05, 0) is 25.0 Å². The number of para-hydroxylation sites is 1. The molecule has 0 radical (unpaired) electrons. The van der Waals surface area contributed by atoms with Crippen molar-refractivity contribution in [3.63, 3.8) is 0 Å². The van der Waals surface area contributed by atoms with Gasteiger partial charge in [-0.25, -0.2) is 0 Å². The number of fused-ring (bicyclic) bond motifs is 1. The number of rotatable bonds is 2. The van der Waals surface area contributed by atoms with Crippen molar-refractivity contribution >= 4 is 22.5 Å². The van der Waals surface area contributed by atoms with Crippen LogP contribution in [-0.2, 0) is 6.42 Å². The molecule has 0 spiro atoms. The Morgan fingerprint density at radius 2 is 2.06 bits per heavy atom. The summed E-state index contributed by atoms with van der Waals surface area (Å²) in [6, 6.07) is 12.5. The molecule has 0 aliphatic heterocycles. The zero-order valence-electron chi connectivity index (χ0n) is 9.57. The molecule has 3 rings (SSSR count). The third-order valence-electron chi connectivity index (χ3n) is 3.22. The molecule has 0 saturated heterocycles. The average molecular weight is 244 g/mol. The molecule has 1 aromatic heterocycles. The Balaban J connectivity index is 1.88. The second-order valence-corrected chi connectivity index (χ2v) is 5.11. The predicted molar refractivity (Wildman–Crippen MR) is 72.4 cm³/mol. The van der Waals surface area contributed by atoms with Crippen LogP contribution in [0.3, 0.4) is 0 Å². The number of alkyl halides is 1. The van der Waals surface area contributed by atoms with Crippen LogP contribution in [0, 0.1) is 0 Å². The van der Waals surface area contributed by atoms with Gasteiger partial charge in [-0.15, -0.1) is 11.6 Å². The molecule has 2 aromatic rings. The monoisotopic (exact) mass is 243 g/mol. The molecule has 1 aliphatic rings. The van der Waals surface area contributed by atoms with Gasteiger partial charge in [0.1, 0.15) is 0 Å². The van der Waals surface area contributed by atoms with Gasteiger partial charge in [0.15, 0.2) is 0 Å². The van der Waals surface area contributed by atoms with Crippen LogP contribution < -0.4 is 0 Å². The minimum atomic E-state index is 0.227. The number of aromatic nitrogens is 1. The fraction of sp³-hybridized carbons (Fsp3) is 0.267. The molecule has 0 N–H and O–H groups in total. The van der Waals surface area contributed by atoms with E-state index in [1.807, 2.05) is 12.1 Å². The van der Waals surface area contributed by atoms with Crippen molar-refractivity contribution in [2.45, 2.75) is 24.6 Å². The lowest BCUT2D eigenvalue weighted by atomic mass is 10.1. The summed E-state index contributed by atoms with van der Waals surface area (Å²) in [5.41, 5.74) is 3.64. The summed E-state index contributed by atoms with van der Waals surface area (Å²) >= 11 is 6.07. The Morgan fingerprint density at radius 1 is 1.18 bits per heavy atom. The van der Waals surface area contributed by atoms with Crippen molar-refractivity contribution < 1.29 is 0 Å². The number of hydrogen-bond acceptors (Lipinski definition) is 1. The Labute approximate surface area is 106 Å². The van der Waals surface area contributed by atoms with Crippen LogP contribution in [-0.4, -0.2) is 10.4 Å². The van der Waals surface area contributed by atoms with E-state index in [2.05, 4.69) is 35.3 Å². The lowest BCUT2D eigenvalue weighted by Crippen LogP contribution is -1.92. The van der Waals surface area contributed by atoms with Gasteiger partial charge in [0, 0.05) is 17.5 Å². The molecule has 0 bridgehead atoms. The largest absolute Gasteiger partial charge is 0.253 e. The molecule has 1 unspecified atom stereocenters. The van der Waals surface area contributed by atoms with Crippen LogP contribution in [0.5, 0.6) is 0 Å². The number of halogens is 1. The molecule has 1 nitrogen and oxygen atoms in total. The number of benzene rings is 1. The van der Waals surface area contributed by atoms with E-state index in [0.717, 1.165) is 30.5 Å². The van der Waals surface area contributed by atoms with Gasteiger partial charge in [-0.2, -0.15) is 0 Å². The van der Waals surface area contributed by atoms with Crippen molar-refractivity contribution in [1.82, 2.24) is 4.98 Å². The van der Waals surface area contributed by atoms with Crippen molar-refractivity contribution in [2.75, 3.05) is 0 Å². The second-order valence-electron chi connectivity index (χ2n) is 4.55. The zero-order valence-corrected chi connectivity index (χ0v) is 10.3. The molecule has 1 aromatic carbocycles. The minimum absolute atomic E-state index is 0.227. The topological polar surface area (TPSA) is 12.9 Å². The third-order valence-corrected chi connectivity index (χ3v) is 3.57. The molecule has 1 atom stereocenters. The Bertz CT molecular complexity index is 574. The zero-order chi connectivity index (χ0) is 11.7. The van der Waals surface area contributed by atoms with Crippen molar-refractivity contribution in [2.24, 2.45) is 0 Å².